The third kappa shape index (κ3) is 4.60. The molecule has 0 amide bonds. The van der Waals surface area contributed by atoms with Crippen molar-refractivity contribution in [1.29, 1.82) is 0 Å². The van der Waals surface area contributed by atoms with Crippen LogP contribution in [0.4, 0.5) is 19.0 Å². The third-order valence-electron chi connectivity index (χ3n) is 2.42. The first-order chi connectivity index (χ1) is 7.79. The summed E-state index contributed by atoms with van der Waals surface area (Å²) in [5.41, 5.74) is 6.51. The van der Waals surface area contributed by atoms with E-state index in [1.807, 2.05) is 6.92 Å². The fraction of sp³-hybridized carbons (Fsp3) is 0.545. The predicted molar refractivity (Wildman–Crippen MR) is 60.8 cm³/mol. The number of nitrogens with zero attached hydrogens (tertiary/aromatic N) is 2. The molecule has 0 aromatic carbocycles. The number of hydrogen-bond acceptors (Lipinski definition) is 3. The normalized spacial score (nSPS) is 13.5. The van der Waals surface area contributed by atoms with Crippen LogP contribution in [0.2, 0.25) is 0 Å². The Morgan fingerprint density at radius 3 is 2.47 bits per heavy atom. The van der Waals surface area contributed by atoms with Crippen LogP contribution < -0.4 is 10.6 Å². The van der Waals surface area contributed by atoms with E-state index < -0.39 is 12.6 Å². The zero-order valence-electron chi connectivity index (χ0n) is 9.83. The smallest absolute Gasteiger partial charge is 0.359 e. The molecule has 3 nitrogen and oxygen atoms in total. The maximum atomic E-state index is 12.0. The average molecular weight is 247 g/mol. The summed E-state index contributed by atoms with van der Waals surface area (Å²) in [4.78, 5) is 5.55. The molecule has 1 aromatic heterocycles. The van der Waals surface area contributed by atoms with Crippen LogP contribution in [0.5, 0.6) is 0 Å². The highest BCUT2D eigenvalue weighted by atomic mass is 19.4. The Morgan fingerprint density at radius 1 is 1.41 bits per heavy atom. The molecule has 0 fully saturated rings. The number of anilines is 1. The Kier molecular flexibility index (Phi) is 4.34. The Balaban J connectivity index is 2.60. The van der Waals surface area contributed by atoms with Gasteiger partial charge in [0.15, 0.2) is 0 Å². The second-order valence-electron chi connectivity index (χ2n) is 4.03. The molecule has 0 aliphatic rings. The van der Waals surface area contributed by atoms with Gasteiger partial charge in [-0.05, 0) is 18.6 Å². The summed E-state index contributed by atoms with van der Waals surface area (Å²) in [6.45, 7) is 1.72. The molecule has 17 heavy (non-hydrogen) atoms. The lowest BCUT2D eigenvalue weighted by molar-refractivity contribution is -0.132. The number of alkyl halides is 3. The first kappa shape index (κ1) is 13.8. The fourth-order valence-electron chi connectivity index (χ4n) is 1.30. The zero-order valence-corrected chi connectivity index (χ0v) is 9.83. The number of hydrogen-bond donors (Lipinski definition) is 1. The molecule has 2 N–H and O–H groups in total. The van der Waals surface area contributed by atoms with Crippen molar-refractivity contribution in [1.82, 2.24) is 4.98 Å². The van der Waals surface area contributed by atoms with Crippen molar-refractivity contribution in [3.8, 4) is 0 Å². The van der Waals surface area contributed by atoms with Gasteiger partial charge in [0.2, 0.25) is 0 Å². The van der Waals surface area contributed by atoms with Crippen molar-refractivity contribution < 1.29 is 13.2 Å². The number of halogens is 3. The number of nitrogens with two attached hydrogens (primary N) is 1. The SMILES string of the molecule is C[C@@H](N)c1ccc(N(C)CCC(F)(F)F)nc1. The summed E-state index contributed by atoms with van der Waals surface area (Å²) >= 11 is 0. The largest absolute Gasteiger partial charge is 0.390 e. The molecule has 0 saturated heterocycles. The van der Waals surface area contributed by atoms with E-state index in [1.165, 1.54) is 4.90 Å². The van der Waals surface area contributed by atoms with Gasteiger partial charge in [-0.1, -0.05) is 6.07 Å². The lowest BCUT2D eigenvalue weighted by Gasteiger charge is -2.19. The van der Waals surface area contributed by atoms with Gasteiger partial charge in [-0.25, -0.2) is 4.98 Å². The molecule has 0 radical (unpaired) electrons. The highest BCUT2D eigenvalue weighted by Gasteiger charge is 2.27. The third-order valence-corrected chi connectivity index (χ3v) is 2.42. The van der Waals surface area contributed by atoms with Gasteiger partial charge in [-0.3, -0.25) is 0 Å². The topological polar surface area (TPSA) is 42.1 Å². The molecule has 0 spiro atoms. The second-order valence-corrected chi connectivity index (χ2v) is 4.03. The number of aromatic nitrogens is 1. The molecule has 6 heteroatoms. The lowest BCUT2D eigenvalue weighted by atomic mass is 10.1. The quantitative estimate of drug-likeness (QED) is 0.888. The van der Waals surface area contributed by atoms with E-state index in [0.717, 1.165) is 5.56 Å². The molecular weight excluding hydrogens is 231 g/mol. The van der Waals surface area contributed by atoms with Crippen LogP contribution in [0, 0.1) is 0 Å². The standard InChI is InChI=1S/C11H16F3N3/c1-8(15)9-3-4-10(16-7-9)17(2)6-5-11(12,13)14/h3-4,7-8H,5-6,15H2,1-2H3/t8-/m1/s1. The molecule has 1 atom stereocenters. The minimum atomic E-state index is -4.14. The number of rotatable bonds is 4. The molecule has 0 aliphatic carbocycles. The molecule has 1 rings (SSSR count). The van der Waals surface area contributed by atoms with Gasteiger partial charge in [0.05, 0.1) is 6.42 Å². The van der Waals surface area contributed by atoms with Gasteiger partial charge >= 0.3 is 6.18 Å². The molecule has 0 unspecified atom stereocenters. The Labute approximate surface area is 98.4 Å². The summed E-state index contributed by atoms with van der Waals surface area (Å²) in [6, 6.07) is 3.32. The molecule has 0 saturated carbocycles. The van der Waals surface area contributed by atoms with Gasteiger partial charge in [0, 0.05) is 25.8 Å². The van der Waals surface area contributed by atoms with Crippen molar-refractivity contribution in [3.63, 3.8) is 0 Å². The van der Waals surface area contributed by atoms with E-state index >= 15 is 0 Å². The molecule has 1 heterocycles. The Bertz CT molecular complexity index is 346. The minimum Gasteiger partial charge on any atom is -0.359 e. The van der Waals surface area contributed by atoms with E-state index in [1.54, 1.807) is 25.4 Å². The maximum Gasteiger partial charge on any atom is 0.390 e. The zero-order chi connectivity index (χ0) is 13.1. The molecular formula is C11H16F3N3. The monoisotopic (exact) mass is 247 g/mol. The number of pyridine rings is 1. The van der Waals surface area contributed by atoms with Gasteiger partial charge < -0.3 is 10.6 Å². The summed E-state index contributed by atoms with van der Waals surface area (Å²) in [5, 5.41) is 0. The molecule has 1 aromatic rings. The first-order valence-corrected chi connectivity index (χ1v) is 5.29. The highest BCUT2D eigenvalue weighted by Crippen LogP contribution is 2.21. The van der Waals surface area contributed by atoms with Gasteiger partial charge in [-0.2, -0.15) is 13.2 Å². The van der Waals surface area contributed by atoms with Crippen molar-refractivity contribution in [2.24, 2.45) is 5.73 Å². The van der Waals surface area contributed by atoms with Crippen LogP contribution in [0.1, 0.15) is 24.9 Å². The van der Waals surface area contributed by atoms with Gasteiger partial charge in [-0.15, -0.1) is 0 Å². The van der Waals surface area contributed by atoms with Crippen LogP contribution in [-0.4, -0.2) is 24.8 Å². The predicted octanol–water partition coefficient (Wildman–Crippen LogP) is 2.49. The van der Waals surface area contributed by atoms with Gasteiger partial charge in [0.1, 0.15) is 5.82 Å². The van der Waals surface area contributed by atoms with Crippen LogP contribution in [0.15, 0.2) is 18.3 Å². The van der Waals surface area contributed by atoms with Crippen molar-refractivity contribution in [3.05, 3.63) is 23.9 Å². The van der Waals surface area contributed by atoms with Crippen LogP contribution >= 0.6 is 0 Å². The summed E-state index contributed by atoms with van der Waals surface area (Å²) in [5.74, 6) is 0.513. The van der Waals surface area contributed by atoms with Crippen molar-refractivity contribution in [2.45, 2.75) is 25.6 Å². The lowest BCUT2D eigenvalue weighted by Crippen LogP contribution is -2.24. The summed E-state index contributed by atoms with van der Waals surface area (Å²) in [6.07, 6.45) is -3.40. The Hall–Kier alpha value is -1.30. The Morgan fingerprint density at radius 2 is 2.06 bits per heavy atom. The fourth-order valence-corrected chi connectivity index (χ4v) is 1.30. The second kappa shape index (κ2) is 5.35. The highest BCUT2D eigenvalue weighted by molar-refractivity contribution is 5.38. The molecule has 0 aliphatic heterocycles. The van der Waals surface area contributed by atoms with E-state index in [0.29, 0.717) is 5.82 Å². The first-order valence-electron chi connectivity index (χ1n) is 5.29. The van der Waals surface area contributed by atoms with Gasteiger partial charge in [0.25, 0.3) is 0 Å². The van der Waals surface area contributed by atoms with Crippen LogP contribution in [0.3, 0.4) is 0 Å². The average Bonchev–Trinajstić information content (AvgIpc) is 2.25. The summed E-state index contributed by atoms with van der Waals surface area (Å²) < 4.78 is 36.1. The van der Waals surface area contributed by atoms with E-state index in [2.05, 4.69) is 4.98 Å². The summed E-state index contributed by atoms with van der Waals surface area (Å²) in [7, 11) is 1.58. The molecule has 0 bridgehead atoms. The van der Waals surface area contributed by atoms with E-state index in [4.69, 9.17) is 5.73 Å². The van der Waals surface area contributed by atoms with E-state index in [9.17, 15) is 13.2 Å². The molecule has 96 valence electrons. The van der Waals surface area contributed by atoms with Crippen molar-refractivity contribution >= 4 is 5.82 Å². The minimum absolute atomic E-state index is 0.103. The van der Waals surface area contributed by atoms with Crippen molar-refractivity contribution in [2.75, 3.05) is 18.5 Å². The van der Waals surface area contributed by atoms with Crippen LogP contribution in [0.25, 0.3) is 0 Å². The van der Waals surface area contributed by atoms with Crippen LogP contribution in [-0.2, 0) is 0 Å². The van der Waals surface area contributed by atoms with E-state index in [-0.39, 0.29) is 12.6 Å². The maximum absolute atomic E-state index is 12.0.